The van der Waals surface area contributed by atoms with Gasteiger partial charge in [-0.3, -0.25) is 4.79 Å². The number of hydrogen-bond acceptors (Lipinski definition) is 4. The van der Waals surface area contributed by atoms with Crippen molar-refractivity contribution in [1.82, 2.24) is 10.0 Å². The van der Waals surface area contributed by atoms with Gasteiger partial charge in [0, 0.05) is 18.7 Å². The normalized spacial score (nSPS) is 16.8. The molecule has 4 N–H and O–H groups in total. The Labute approximate surface area is 156 Å². The summed E-state index contributed by atoms with van der Waals surface area (Å²) in [6.45, 7) is 6.60. The van der Waals surface area contributed by atoms with Gasteiger partial charge < -0.3 is 11.1 Å². The largest absolute Gasteiger partial charge is 0.345 e. The maximum atomic E-state index is 12.5. The SMILES string of the molecule is CC(C)C(C)(CN)NC(=O)c1cccc(S(=O)(=O)NCC2CC2)c1.Cl. The third-order valence-electron chi connectivity index (χ3n) is 4.76. The third-order valence-corrected chi connectivity index (χ3v) is 6.18. The van der Waals surface area contributed by atoms with Crippen LogP contribution in [0.4, 0.5) is 0 Å². The quantitative estimate of drug-likeness (QED) is 0.631. The Balaban J connectivity index is 0.00000312. The van der Waals surface area contributed by atoms with Crippen LogP contribution in [0.3, 0.4) is 0 Å². The number of rotatable bonds is 8. The van der Waals surface area contributed by atoms with Crippen molar-refractivity contribution in [1.29, 1.82) is 0 Å². The Kier molecular flexibility index (Phi) is 7.43. The Hall–Kier alpha value is -1.15. The van der Waals surface area contributed by atoms with Crippen LogP contribution in [0.2, 0.25) is 0 Å². The lowest BCUT2D eigenvalue weighted by atomic mass is 9.88. The summed E-state index contributed by atoms with van der Waals surface area (Å²) in [7, 11) is -3.59. The highest BCUT2D eigenvalue weighted by atomic mass is 35.5. The average Bonchev–Trinajstić information content (AvgIpc) is 3.37. The van der Waals surface area contributed by atoms with Crippen molar-refractivity contribution in [2.24, 2.45) is 17.6 Å². The third kappa shape index (κ3) is 5.67. The van der Waals surface area contributed by atoms with Gasteiger partial charge >= 0.3 is 0 Å². The zero-order valence-electron chi connectivity index (χ0n) is 14.9. The van der Waals surface area contributed by atoms with Gasteiger partial charge in [-0.25, -0.2) is 13.1 Å². The number of carbonyl (C=O) groups is 1. The summed E-state index contributed by atoms with van der Waals surface area (Å²) in [5, 5.41) is 2.92. The minimum absolute atomic E-state index is 0. The lowest BCUT2D eigenvalue weighted by Crippen LogP contribution is -2.55. The van der Waals surface area contributed by atoms with Gasteiger partial charge in [-0.1, -0.05) is 19.9 Å². The first-order valence-corrected chi connectivity index (χ1v) is 9.78. The van der Waals surface area contributed by atoms with Gasteiger partial charge in [-0.15, -0.1) is 12.4 Å². The maximum Gasteiger partial charge on any atom is 0.251 e. The molecule has 0 bridgehead atoms. The molecule has 1 aromatic rings. The first-order valence-electron chi connectivity index (χ1n) is 8.30. The fourth-order valence-corrected chi connectivity index (χ4v) is 3.36. The van der Waals surface area contributed by atoms with E-state index in [1.807, 2.05) is 20.8 Å². The second-order valence-corrected chi connectivity index (χ2v) is 8.82. The second-order valence-electron chi connectivity index (χ2n) is 7.05. The average molecular weight is 390 g/mol. The molecule has 6 nitrogen and oxygen atoms in total. The molecule has 0 heterocycles. The van der Waals surface area contributed by atoms with E-state index in [1.54, 1.807) is 12.1 Å². The molecule has 1 aliphatic rings. The number of hydrogen-bond donors (Lipinski definition) is 3. The predicted octanol–water partition coefficient (Wildman–Crippen LogP) is 1.90. The van der Waals surface area contributed by atoms with Crippen molar-refractivity contribution in [2.45, 2.75) is 44.0 Å². The van der Waals surface area contributed by atoms with Crippen molar-refractivity contribution in [3.63, 3.8) is 0 Å². The molecule has 0 saturated heterocycles. The lowest BCUT2D eigenvalue weighted by Gasteiger charge is -2.33. The minimum Gasteiger partial charge on any atom is -0.345 e. The van der Waals surface area contributed by atoms with Crippen LogP contribution in [0.15, 0.2) is 29.2 Å². The smallest absolute Gasteiger partial charge is 0.251 e. The molecule has 0 radical (unpaired) electrons. The van der Waals surface area contributed by atoms with Gasteiger partial charge in [-0.2, -0.15) is 0 Å². The Morgan fingerprint density at radius 1 is 1.36 bits per heavy atom. The Morgan fingerprint density at radius 3 is 2.52 bits per heavy atom. The van der Waals surface area contributed by atoms with E-state index in [4.69, 9.17) is 5.73 Å². The zero-order valence-corrected chi connectivity index (χ0v) is 16.5. The molecule has 0 aromatic heterocycles. The van der Waals surface area contributed by atoms with Crippen LogP contribution in [0.5, 0.6) is 0 Å². The van der Waals surface area contributed by atoms with Crippen LogP contribution in [0.25, 0.3) is 0 Å². The van der Waals surface area contributed by atoms with Crippen LogP contribution in [0, 0.1) is 11.8 Å². The molecule has 1 fully saturated rings. The molecule has 1 amide bonds. The summed E-state index contributed by atoms with van der Waals surface area (Å²) in [6.07, 6.45) is 2.13. The Bertz CT molecular complexity index is 705. The summed E-state index contributed by atoms with van der Waals surface area (Å²) < 4.78 is 27.3. The fraction of sp³-hybridized carbons (Fsp3) is 0.588. The molecule has 1 aromatic carbocycles. The zero-order chi connectivity index (χ0) is 18.0. The van der Waals surface area contributed by atoms with Gasteiger partial charge in [-0.05, 0) is 49.8 Å². The topological polar surface area (TPSA) is 101 Å². The summed E-state index contributed by atoms with van der Waals surface area (Å²) in [5.74, 6) is 0.275. The van der Waals surface area contributed by atoms with E-state index in [0.717, 1.165) is 12.8 Å². The molecular formula is C17H28ClN3O3S. The van der Waals surface area contributed by atoms with Crippen LogP contribution in [-0.2, 0) is 10.0 Å². The summed E-state index contributed by atoms with van der Waals surface area (Å²) in [5.41, 5.74) is 5.55. The number of nitrogens with one attached hydrogen (secondary N) is 2. The van der Waals surface area contributed by atoms with E-state index in [-0.39, 0.29) is 29.1 Å². The number of halogens is 1. The van der Waals surface area contributed by atoms with Gasteiger partial charge in [0.25, 0.3) is 5.91 Å². The molecule has 142 valence electrons. The first kappa shape index (κ1) is 21.9. The van der Waals surface area contributed by atoms with Crippen molar-refractivity contribution in [2.75, 3.05) is 13.1 Å². The van der Waals surface area contributed by atoms with Gasteiger partial charge in [0.1, 0.15) is 0 Å². The Morgan fingerprint density at radius 2 is 2.00 bits per heavy atom. The molecule has 1 saturated carbocycles. The van der Waals surface area contributed by atoms with E-state index in [0.29, 0.717) is 24.6 Å². The van der Waals surface area contributed by atoms with Gasteiger partial charge in [0.15, 0.2) is 0 Å². The minimum atomic E-state index is -3.59. The van der Waals surface area contributed by atoms with E-state index < -0.39 is 15.6 Å². The fourth-order valence-electron chi connectivity index (χ4n) is 2.20. The van der Waals surface area contributed by atoms with Crippen molar-refractivity contribution >= 4 is 28.3 Å². The van der Waals surface area contributed by atoms with Crippen molar-refractivity contribution in [3.05, 3.63) is 29.8 Å². The van der Waals surface area contributed by atoms with Crippen LogP contribution in [-0.4, -0.2) is 33.0 Å². The predicted molar refractivity (Wildman–Crippen MR) is 101 cm³/mol. The monoisotopic (exact) mass is 389 g/mol. The summed E-state index contributed by atoms with van der Waals surface area (Å²) in [4.78, 5) is 12.6. The number of sulfonamides is 1. The highest BCUT2D eigenvalue weighted by Gasteiger charge is 2.29. The van der Waals surface area contributed by atoms with Gasteiger partial charge in [0.2, 0.25) is 10.0 Å². The van der Waals surface area contributed by atoms with Gasteiger partial charge in [0.05, 0.1) is 10.4 Å². The number of amides is 1. The van der Waals surface area contributed by atoms with E-state index in [1.165, 1.54) is 12.1 Å². The number of nitrogens with two attached hydrogens (primary N) is 1. The summed E-state index contributed by atoms with van der Waals surface area (Å²) in [6, 6.07) is 6.08. The number of benzene rings is 1. The van der Waals surface area contributed by atoms with E-state index >= 15 is 0 Å². The van der Waals surface area contributed by atoms with E-state index in [2.05, 4.69) is 10.0 Å². The maximum absolute atomic E-state index is 12.5. The highest BCUT2D eigenvalue weighted by Crippen LogP contribution is 2.28. The molecule has 0 aliphatic heterocycles. The molecule has 2 rings (SSSR count). The molecule has 8 heteroatoms. The molecule has 1 unspecified atom stereocenters. The van der Waals surface area contributed by atoms with Crippen LogP contribution >= 0.6 is 12.4 Å². The lowest BCUT2D eigenvalue weighted by molar-refractivity contribution is 0.0883. The van der Waals surface area contributed by atoms with Crippen molar-refractivity contribution < 1.29 is 13.2 Å². The van der Waals surface area contributed by atoms with E-state index in [9.17, 15) is 13.2 Å². The molecule has 0 spiro atoms. The highest BCUT2D eigenvalue weighted by molar-refractivity contribution is 7.89. The standard InChI is InChI=1S/C17H27N3O3S.ClH/c1-12(2)17(3,11-18)20-16(21)14-5-4-6-15(9-14)24(22,23)19-10-13-7-8-13;/h4-6,9,12-13,19H,7-8,10-11,18H2,1-3H3,(H,20,21);1H. The molecule has 1 aliphatic carbocycles. The molecular weight excluding hydrogens is 362 g/mol. The number of carbonyl (C=O) groups excluding carboxylic acids is 1. The summed E-state index contributed by atoms with van der Waals surface area (Å²) >= 11 is 0. The second kappa shape index (κ2) is 8.49. The first-order chi connectivity index (χ1) is 11.2. The molecule has 1 atom stereocenters. The molecule has 25 heavy (non-hydrogen) atoms. The van der Waals surface area contributed by atoms with Crippen molar-refractivity contribution in [3.8, 4) is 0 Å². The van der Waals surface area contributed by atoms with Crippen LogP contribution in [0.1, 0.15) is 44.0 Å². The van der Waals surface area contributed by atoms with Crippen LogP contribution < -0.4 is 15.8 Å².